The van der Waals surface area contributed by atoms with Crippen molar-refractivity contribution in [3.63, 3.8) is 0 Å². The van der Waals surface area contributed by atoms with Gasteiger partial charge in [-0.25, -0.2) is 0 Å². The molecular weight excluding hydrogens is 202 g/mol. The number of esters is 1. The Morgan fingerprint density at radius 3 is 2.31 bits per heavy atom. The summed E-state index contributed by atoms with van der Waals surface area (Å²) in [6.45, 7) is 10.3. The highest BCUT2D eigenvalue weighted by Gasteiger charge is 2.22. The minimum atomic E-state index is -0.105. The fourth-order valence-electron chi connectivity index (χ4n) is 1.64. The first kappa shape index (κ1) is 15.4. The van der Waals surface area contributed by atoms with Crippen LogP contribution in [-0.2, 0) is 9.53 Å². The van der Waals surface area contributed by atoms with Gasteiger partial charge in [0, 0.05) is 6.54 Å². The summed E-state index contributed by atoms with van der Waals surface area (Å²) in [4.78, 5) is 11.5. The Kier molecular flexibility index (Phi) is 8.26. The van der Waals surface area contributed by atoms with Crippen molar-refractivity contribution in [2.45, 2.75) is 40.5 Å². The van der Waals surface area contributed by atoms with Crippen LogP contribution in [0.25, 0.3) is 0 Å². The lowest BCUT2D eigenvalue weighted by atomic mass is 9.96. The maximum Gasteiger partial charge on any atom is 0.310 e. The molecule has 0 rings (SSSR count). The van der Waals surface area contributed by atoms with E-state index in [9.17, 15) is 4.79 Å². The molecule has 0 bridgehead atoms. The van der Waals surface area contributed by atoms with Crippen LogP contribution in [0.3, 0.4) is 0 Å². The van der Waals surface area contributed by atoms with Crippen molar-refractivity contribution >= 4 is 5.97 Å². The van der Waals surface area contributed by atoms with Crippen molar-refractivity contribution in [1.82, 2.24) is 5.32 Å². The maximum atomic E-state index is 11.5. The molecule has 0 amide bonds. The summed E-state index contributed by atoms with van der Waals surface area (Å²) in [6.07, 6.45) is 2.40. The summed E-state index contributed by atoms with van der Waals surface area (Å²) < 4.78 is 4.79. The van der Waals surface area contributed by atoms with Gasteiger partial charge >= 0.3 is 5.97 Å². The third-order valence-electron chi connectivity index (χ3n) is 2.81. The van der Waals surface area contributed by atoms with Crippen LogP contribution in [0.5, 0.6) is 0 Å². The van der Waals surface area contributed by atoms with E-state index in [1.165, 1.54) is 20.0 Å². The largest absolute Gasteiger partial charge is 0.469 e. The van der Waals surface area contributed by atoms with E-state index in [-0.39, 0.29) is 11.9 Å². The molecule has 1 N–H and O–H groups in total. The number of methoxy groups -OCH3 is 1. The molecule has 0 saturated carbocycles. The van der Waals surface area contributed by atoms with Gasteiger partial charge in [-0.3, -0.25) is 4.79 Å². The monoisotopic (exact) mass is 229 g/mol. The normalized spacial score (nSPS) is 13.2. The first-order valence-electron chi connectivity index (χ1n) is 6.27. The molecule has 1 atom stereocenters. The highest BCUT2D eigenvalue weighted by atomic mass is 16.5. The molecule has 96 valence electrons. The molecule has 0 aliphatic rings. The number of rotatable bonds is 8. The summed E-state index contributed by atoms with van der Waals surface area (Å²) in [7, 11) is 1.45. The van der Waals surface area contributed by atoms with Crippen molar-refractivity contribution in [1.29, 1.82) is 0 Å². The minimum absolute atomic E-state index is 0.0240. The standard InChI is InChI=1S/C13H27NO2/c1-10(2)7-6-8-14-9-12(11(3)4)13(15)16-5/h10-12,14H,6-9H2,1-5H3. The molecule has 0 fully saturated rings. The lowest BCUT2D eigenvalue weighted by Crippen LogP contribution is -2.33. The fraction of sp³-hybridized carbons (Fsp3) is 0.923. The lowest BCUT2D eigenvalue weighted by Gasteiger charge is -2.18. The smallest absolute Gasteiger partial charge is 0.310 e. The summed E-state index contributed by atoms with van der Waals surface area (Å²) in [5, 5.41) is 3.34. The Morgan fingerprint density at radius 1 is 1.25 bits per heavy atom. The van der Waals surface area contributed by atoms with Gasteiger partial charge in [0.05, 0.1) is 13.0 Å². The Morgan fingerprint density at radius 2 is 1.88 bits per heavy atom. The SMILES string of the molecule is COC(=O)C(CNCCCC(C)C)C(C)C. The number of hydrogen-bond acceptors (Lipinski definition) is 3. The Hall–Kier alpha value is -0.570. The Balaban J connectivity index is 3.73. The van der Waals surface area contributed by atoms with E-state index in [4.69, 9.17) is 4.74 Å². The highest BCUT2D eigenvalue weighted by molar-refractivity contribution is 5.72. The molecular formula is C13H27NO2. The van der Waals surface area contributed by atoms with E-state index in [0.29, 0.717) is 5.92 Å². The van der Waals surface area contributed by atoms with E-state index in [0.717, 1.165) is 19.0 Å². The predicted octanol–water partition coefficient (Wildman–Crippen LogP) is 2.46. The fourth-order valence-corrected chi connectivity index (χ4v) is 1.64. The zero-order chi connectivity index (χ0) is 12.6. The Bertz CT molecular complexity index is 190. The molecule has 0 saturated heterocycles. The van der Waals surface area contributed by atoms with Crippen molar-refractivity contribution < 1.29 is 9.53 Å². The van der Waals surface area contributed by atoms with Gasteiger partial charge < -0.3 is 10.1 Å². The van der Waals surface area contributed by atoms with Gasteiger partial charge in [0.2, 0.25) is 0 Å². The van der Waals surface area contributed by atoms with Crippen molar-refractivity contribution in [2.24, 2.45) is 17.8 Å². The average Bonchev–Trinajstić information content (AvgIpc) is 2.21. The quantitative estimate of drug-likeness (QED) is 0.513. The van der Waals surface area contributed by atoms with Gasteiger partial charge in [-0.05, 0) is 31.2 Å². The van der Waals surface area contributed by atoms with Crippen LogP contribution >= 0.6 is 0 Å². The third kappa shape index (κ3) is 6.83. The van der Waals surface area contributed by atoms with Crippen LogP contribution in [0.1, 0.15) is 40.5 Å². The molecule has 0 aromatic heterocycles. The zero-order valence-electron chi connectivity index (χ0n) is 11.4. The average molecular weight is 229 g/mol. The number of carbonyl (C=O) groups is 1. The van der Waals surface area contributed by atoms with Gasteiger partial charge in [0.15, 0.2) is 0 Å². The molecule has 0 aromatic carbocycles. The van der Waals surface area contributed by atoms with E-state index >= 15 is 0 Å². The van der Waals surface area contributed by atoms with E-state index < -0.39 is 0 Å². The molecule has 0 radical (unpaired) electrons. The van der Waals surface area contributed by atoms with Crippen LogP contribution < -0.4 is 5.32 Å². The minimum Gasteiger partial charge on any atom is -0.469 e. The van der Waals surface area contributed by atoms with Crippen LogP contribution in [0.2, 0.25) is 0 Å². The molecule has 16 heavy (non-hydrogen) atoms. The number of ether oxygens (including phenoxy) is 1. The third-order valence-corrected chi connectivity index (χ3v) is 2.81. The zero-order valence-corrected chi connectivity index (χ0v) is 11.4. The van der Waals surface area contributed by atoms with Crippen LogP contribution in [0, 0.1) is 17.8 Å². The summed E-state index contributed by atoms with van der Waals surface area (Å²) in [5.41, 5.74) is 0. The predicted molar refractivity (Wildman–Crippen MR) is 67.3 cm³/mol. The molecule has 3 nitrogen and oxygen atoms in total. The lowest BCUT2D eigenvalue weighted by molar-refractivity contribution is -0.146. The van der Waals surface area contributed by atoms with Gasteiger partial charge in [0.25, 0.3) is 0 Å². The maximum absolute atomic E-state index is 11.5. The van der Waals surface area contributed by atoms with Gasteiger partial charge in [0.1, 0.15) is 0 Å². The summed E-state index contributed by atoms with van der Waals surface area (Å²) >= 11 is 0. The second-order valence-corrected chi connectivity index (χ2v) is 5.11. The van der Waals surface area contributed by atoms with Gasteiger partial charge in [-0.1, -0.05) is 27.7 Å². The first-order valence-corrected chi connectivity index (χ1v) is 6.27. The topological polar surface area (TPSA) is 38.3 Å². The number of carbonyl (C=O) groups excluding carboxylic acids is 1. The Labute approximate surface area is 99.9 Å². The van der Waals surface area contributed by atoms with Crippen molar-refractivity contribution in [3.8, 4) is 0 Å². The molecule has 0 heterocycles. The van der Waals surface area contributed by atoms with Crippen LogP contribution in [-0.4, -0.2) is 26.2 Å². The van der Waals surface area contributed by atoms with E-state index in [1.54, 1.807) is 0 Å². The first-order chi connectivity index (χ1) is 7.49. The number of nitrogens with one attached hydrogen (secondary N) is 1. The van der Waals surface area contributed by atoms with Gasteiger partial charge in [-0.2, -0.15) is 0 Å². The van der Waals surface area contributed by atoms with Crippen molar-refractivity contribution in [3.05, 3.63) is 0 Å². The second-order valence-electron chi connectivity index (χ2n) is 5.11. The molecule has 0 aliphatic carbocycles. The van der Waals surface area contributed by atoms with Crippen LogP contribution in [0.4, 0.5) is 0 Å². The molecule has 3 heteroatoms. The molecule has 0 aliphatic heterocycles. The highest BCUT2D eigenvalue weighted by Crippen LogP contribution is 2.11. The van der Waals surface area contributed by atoms with Gasteiger partial charge in [-0.15, -0.1) is 0 Å². The van der Waals surface area contributed by atoms with Crippen LogP contribution in [0.15, 0.2) is 0 Å². The number of hydrogen-bond donors (Lipinski definition) is 1. The van der Waals surface area contributed by atoms with Crippen molar-refractivity contribution in [2.75, 3.05) is 20.2 Å². The molecule has 0 aromatic rings. The summed E-state index contributed by atoms with van der Waals surface area (Å²) in [5.74, 6) is 0.948. The summed E-state index contributed by atoms with van der Waals surface area (Å²) in [6, 6.07) is 0. The van der Waals surface area contributed by atoms with E-state index in [2.05, 4.69) is 33.0 Å². The molecule has 0 spiro atoms. The van der Waals surface area contributed by atoms with E-state index in [1.807, 2.05) is 0 Å². The molecule has 1 unspecified atom stereocenters. The second kappa shape index (κ2) is 8.57.